The van der Waals surface area contributed by atoms with Gasteiger partial charge in [-0.2, -0.15) is 4.39 Å². The third-order valence-electron chi connectivity index (χ3n) is 3.06. The molecular formula is C12H17FN2O3. The van der Waals surface area contributed by atoms with Crippen LogP contribution in [0.2, 0.25) is 0 Å². The summed E-state index contributed by atoms with van der Waals surface area (Å²) >= 11 is 0. The van der Waals surface area contributed by atoms with Crippen molar-refractivity contribution in [2.45, 2.75) is 32.2 Å². The summed E-state index contributed by atoms with van der Waals surface area (Å²) in [5.41, 5.74) is 4.82. The van der Waals surface area contributed by atoms with Crippen LogP contribution in [0.1, 0.15) is 26.7 Å². The second-order valence-electron chi connectivity index (χ2n) is 4.20. The van der Waals surface area contributed by atoms with E-state index >= 15 is 0 Å². The summed E-state index contributed by atoms with van der Waals surface area (Å²) in [5, 5.41) is 10.8. The maximum Gasteiger partial charge on any atom is 0.346 e. The van der Waals surface area contributed by atoms with Crippen LogP contribution in [-0.2, 0) is 0 Å². The molecule has 0 aliphatic rings. The lowest BCUT2D eigenvalue weighted by Gasteiger charge is -2.26. The Morgan fingerprint density at radius 1 is 1.44 bits per heavy atom. The van der Waals surface area contributed by atoms with Crippen molar-refractivity contribution in [2.75, 3.05) is 6.61 Å². The molecule has 1 aromatic rings. The molecule has 18 heavy (non-hydrogen) atoms. The van der Waals surface area contributed by atoms with E-state index in [0.717, 1.165) is 6.07 Å². The average Bonchev–Trinajstić information content (AvgIpc) is 2.35. The standard InChI is InChI=1S/C12H17FN2O3/c1-3-12(14,4-2)8-18-10-7-5-6-9(13)11(10)15(16)17/h5-7H,3-4,8,14H2,1-2H3. The van der Waals surface area contributed by atoms with Crippen LogP contribution in [0, 0.1) is 15.9 Å². The molecule has 0 heterocycles. The van der Waals surface area contributed by atoms with E-state index in [-0.39, 0.29) is 12.4 Å². The Kier molecular flexibility index (Phi) is 4.61. The zero-order valence-corrected chi connectivity index (χ0v) is 10.5. The first-order valence-corrected chi connectivity index (χ1v) is 5.78. The van der Waals surface area contributed by atoms with Crippen molar-refractivity contribution in [2.24, 2.45) is 5.73 Å². The topological polar surface area (TPSA) is 78.4 Å². The number of halogens is 1. The Labute approximate surface area is 105 Å². The van der Waals surface area contributed by atoms with E-state index in [4.69, 9.17) is 10.5 Å². The number of hydrogen-bond acceptors (Lipinski definition) is 4. The van der Waals surface area contributed by atoms with Gasteiger partial charge in [-0.15, -0.1) is 0 Å². The zero-order chi connectivity index (χ0) is 13.8. The van der Waals surface area contributed by atoms with E-state index in [9.17, 15) is 14.5 Å². The number of ether oxygens (including phenoxy) is 1. The lowest BCUT2D eigenvalue weighted by molar-refractivity contribution is -0.388. The van der Waals surface area contributed by atoms with Gasteiger partial charge in [0.05, 0.1) is 4.92 Å². The number of benzene rings is 1. The van der Waals surface area contributed by atoms with E-state index < -0.39 is 22.0 Å². The first-order chi connectivity index (χ1) is 8.43. The zero-order valence-electron chi connectivity index (χ0n) is 10.5. The van der Waals surface area contributed by atoms with Gasteiger partial charge in [0, 0.05) is 5.54 Å². The molecule has 5 nitrogen and oxygen atoms in total. The molecule has 0 aliphatic carbocycles. The summed E-state index contributed by atoms with van der Waals surface area (Å²) < 4.78 is 18.7. The molecule has 0 atom stereocenters. The van der Waals surface area contributed by atoms with Crippen molar-refractivity contribution >= 4 is 5.69 Å². The van der Waals surface area contributed by atoms with Crippen LogP contribution < -0.4 is 10.5 Å². The molecule has 0 bridgehead atoms. The Bertz CT molecular complexity index is 433. The van der Waals surface area contributed by atoms with Crippen molar-refractivity contribution in [1.29, 1.82) is 0 Å². The lowest BCUT2D eigenvalue weighted by atomic mass is 9.96. The average molecular weight is 256 g/mol. The second kappa shape index (κ2) is 5.77. The molecule has 0 fully saturated rings. The van der Waals surface area contributed by atoms with E-state index in [0.29, 0.717) is 12.8 Å². The molecular weight excluding hydrogens is 239 g/mol. The van der Waals surface area contributed by atoms with Crippen LogP contribution in [0.15, 0.2) is 18.2 Å². The van der Waals surface area contributed by atoms with Crippen molar-refractivity contribution in [3.8, 4) is 5.75 Å². The Morgan fingerprint density at radius 2 is 2.06 bits per heavy atom. The molecule has 0 unspecified atom stereocenters. The SMILES string of the molecule is CCC(N)(CC)COc1cccc(F)c1[N+](=O)[O-]. The number of nitro benzene ring substituents is 1. The fraction of sp³-hybridized carbons (Fsp3) is 0.500. The summed E-state index contributed by atoms with van der Waals surface area (Å²) in [6.45, 7) is 3.93. The third-order valence-corrected chi connectivity index (χ3v) is 3.06. The molecule has 0 radical (unpaired) electrons. The van der Waals surface area contributed by atoms with E-state index in [1.54, 1.807) is 0 Å². The van der Waals surface area contributed by atoms with Crippen LogP contribution in [0.25, 0.3) is 0 Å². The van der Waals surface area contributed by atoms with Gasteiger partial charge in [-0.05, 0) is 25.0 Å². The molecule has 1 aromatic carbocycles. The summed E-state index contributed by atoms with van der Waals surface area (Å²) in [4.78, 5) is 9.97. The molecule has 100 valence electrons. The highest BCUT2D eigenvalue weighted by Crippen LogP contribution is 2.30. The maximum atomic E-state index is 13.3. The first-order valence-electron chi connectivity index (χ1n) is 5.78. The molecule has 2 N–H and O–H groups in total. The fourth-order valence-corrected chi connectivity index (χ4v) is 1.46. The monoisotopic (exact) mass is 256 g/mol. The van der Waals surface area contributed by atoms with Gasteiger partial charge in [-0.1, -0.05) is 19.9 Å². The van der Waals surface area contributed by atoms with Crippen molar-refractivity contribution in [3.05, 3.63) is 34.1 Å². The summed E-state index contributed by atoms with van der Waals surface area (Å²) in [6.07, 6.45) is 1.35. The minimum absolute atomic E-state index is 0.0864. The largest absolute Gasteiger partial charge is 0.485 e. The minimum atomic E-state index is -0.909. The predicted molar refractivity (Wildman–Crippen MR) is 66.0 cm³/mol. The highest BCUT2D eigenvalue weighted by Gasteiger charge is 2.25. The van der Waals surface area contributed by atoms with Gasteiger partial charge in [0.25, 0.3) is 0 Å². The molecule has 0 spiro atoms. The second-order valence-corrected chi connectivity index (χ2v) is 4.20. The minimum Gasteiger partial charge on any atom is -0.485 e. The fourth-order valence-electron chi connectivity index (χ4n) is 1.46. The number of para-hydroxylation sites is 1. The normalized spacial score (nSPS) is 11.3. The van der Waals surface area contributed by atoms with Crippen LogP contribution in [0.3, 0.4) is 0 Å². The maximum absolute atomic E-state index is 13.3. The summed E-state index contributed by atoms with van der Waals surface area (Å²) in [6, 6.07) is 3.76. The Morgan fingerprint density at radius 3 is 2.56 bits per heavy atom. The van der Waals surface area contributed by atoms with Crippen LogP contribution >= 0.6 is 0 Å². The molecule has 1 rings (SSSR count). The van der Waals surface area contributed by atoms with Crippen molar-refractivity contribution < 1.29 is 14.1 Å². The summed E-state index contributed by atoms with van der Waals surface area (Å²) in [5.74, 6) is -0.996. The number of hydrogen-bond donors (Lipinski definition) is 1. The van der Waals surface area contributed by atoms with Crippen LogP contribution in [0.4, 0.5) is 10.1 Å². The molecule has 0 aromatic heterocycles. The Hall–Kier alpha value is -1.69. The van der Waals surface area contributed by atoms with E-state index in [2.05, 4.69) is 0 Å². The molecule has 0 saturated heterocycles. The van der Waals surface area contributed by atoms with Gasteiger partial charge in [0.15, 0.2) is 5.75 Å². The van der Waals surface area contributed by atoms with Gasteiger partial charge in [-0.3, -0.25) is 10.1 Å². The van der Waals surface area contributed by atoms with Gasteiger partial charge in [0.2, 0.25) is 5.82 Å². The van der Waals surface area contributed by atoms with Crippen molar-refractivity contribution in [1.82, 2.24) is 0 Å². The number of nitrogens with zero attached hydrogens (tertiary/aromatic N) is 1. The first kappa shape index (κ1) is 14.4. The Balaban J connectivity index is 2.92. The van der Waals surface area contributed by atoms with Gasteiger partial charge in [0.1, 0.15) is 6.61 Å². The van der Waals surface area contributed by atoms with E-state index in [1.165, 1.54) is 12.1 Å². The van der Waals surface area contributed by atoms with Crippen LogP contribution in [-0.4, -0.2) is 17.1 Å². The molecule has 0 aliphatic heterocycles. The quantitative estimate of drug-likeness (QED) is 0.626. The van der Waals surface area contributed by atoms with Gasteiger partial charge in [-0.25, -0.2) is 0 Å². The summed E-state index contributed by atoms with van der Waals surface area (Å²) in [7, 11) is 0. The van der Waals surface area contributed by atoms with Crippen molar-refractivity contribution in [3.63, 3.8) is 0 Å². The number of rotatable bonds is 6. The third kappa shape index (κ3) is 3.16. The number of nitrogens with two attached hydrogens (primary N) is 1. The highest BCUT2D eigenvalue weighted by atomic mass is 19.1. The van der Waals surface area contributed by atoms with Gasteiger partial charge < -0.3 is 10.5 Å². The highest BCUT2D eigenvalue weighted by molar-refractivity contribution is 5.47. The molecule has 6 heteroatoms. The molecule has 0 saturated carbocycles. The predicted octanol–water partition coefficient (Wildman–Crippen LogP) is 2.63. The number of nitro groups is 1. The van der Waals surface area contributed by atoms with Gasteiger partial charge >= 0.3 is 5.69 Å². The molecule has 0 amide bonds. The lowest BCUT2D eigenvalue weighted by Crippen LogP contribution is -2.44. The smallest absolute Gasteiger partial charge is 0.346 e. The van der Waals surface area contributed by atoms with E-state index in [1.807, 2.05) is 13.8 Å². The van der Waals surface area contributed by atoms with Crippen LogP contribution in [0.5, 0.6) is 5.75 Å².